The fourth-order valence-electron chi connectivity index (χ4n) is 2.20. The molecule has 0 aliphatic carbocycles. The average molecular weight is 272 g/mol. The summed E-state index contributed by atoms with van der Waals surface area (Å²) in [5, 5.41) is 15.9. The van der Waals surface area contributed by atoms with Crippen molar-refractivity contribution < 1.29 is 5.11 Å². The van der Waals surface area contributed by atoms with Crippen LogP contribution in [-0.4, -0.2) is 43.2 Å². The van der Waals surface area contributed by atoms with Crippen molar-refractivity contribution in [2.24, 2.45) is 0 Å². The Morgan fingerprint density at radius 3 is 2.65 bits per heavy atom. The number of likely N-dealkylation sites (N-methyl/N-ethyl adjacent to an activating group) is 1. The highest BCUT2D eigenvalue weighted by molar-refractivity contribution is 5.83. The zero-order chi connectivity index (χ0) is 14.4. The van der Waals surface area contributed by atoms with E-state index in [-0.39, 0.29) is 0 Å². The Labute approximate surface area is 121 Å². The number of aliphatic hydroxyl groups is 1. The average Bonchev–Trinajstić information content (AvgIpc) is 2.50. The minimum atomic E-state index is -0.452. The van der Waals surface area contributed by atoms with E-state index in [1.54, 1.807) is 0 Å². The monoisotopic (exact) mass is 272 g/mol. The van der Waals surface area contributed by atoms with Gasteiger partial charge in [-0.2, -0.15) is 0 Å². The van der Waals surface area contributed by atoms with E-state index in [1.165, 1.54) is 10.8 Å². The van der Waals surface area contributed by atoms with Crippen molar-refractivity contribution in [2.45, 2.75) is 13.0 Å². The van der Waals surface area contributed by atoms with Gasteiger partial charge in [0.1, 0.15) is 0 Å². The van der Waals surface area contributed by atoms with E-state index in [1.807, 2.05) is 18.2 Å². The van der Waals surface area contributed by atoms with E-state index < -0.39 is 6.10 Å². The van der Waals surface area contributed by atoms with Crippen molar-refractivity contribution in [1.29, 1.82) is 0 Å². The van der Waals surface area contributed by atoms with Crippen LogP contribution in [0.15, 0.2) is 42.5 Å². The first-order chi connectivity index (χ1) is 9.70. The molecule has 0 spiro atoms. The predicted molar refractivity (Wildman–Crippen MR) is 84.9 cm³/mol. The zero-order valence-electron chi connectivity index (χ0n) is 12.3. The van der Waals surface area contributed by atoms with Crippen LogP contribution in [0.3, 0.4) is 0 Å². The van der Waals surface area contributed by atoms with Crippen molar-refractivity contribution >= 4 is 10.8 Å². The summed E-state index contributed by atoms with van der Waals surface area (Å²) in [6, 6.07) is 14.4. The molecule has 0 radical (unpaired) electrons. The number of nitrogens with zero attached hydrogens (tertiary/aromatic N) is 1. The molecule has 0 heterocycles. The molecule has 1 unspecified atom stereocenters. The van der Waals surface area contributed by atoms with Crippen molar-refractivity contribution in [3.63, 3.8) is 0 Å². The molecule has 2 aromatic rings. The van der Waals surface area contributed by atoms with Gasteiger partial charge in [0.2, 0.25) is 0 Å². The lowest BCUT2D eigenvalue weighted by molar-refractivity contribution is 0.173. The number of benzene rings is 2. The lowest BCUT2D eigenvalue weighted by atomic mass is 10.0. The fraction of sp³-hybridized carbons (Fsp3) is 0.412. The Bertz CT molecular complexity index is 541. The maximum absolute atomic E-state index is 10.2. The first kappa shape index (κ1) is 15.0. The summed E-state index contributed by atoms with van der Waals surface area (Å²) in [5.41, 5.74) is 0.972. The van der Waals surface area contributed by atoms with Crippen LogP contribution in [0, 0.1) is 0 Å². The molecule has 0 saturated heterocycles. The lowest BCUT2D eigenvalue weighted by Gasteiger charge is -2.16. The molecule has 3 heteroatoms. The lowest BCUT2D eigenvalue weighted by Crippen LogP contribution is -2.31. The summed E-state index contributed by atoms with van der Waals surface area (Å²) in [4.78, 5) is 2.25. The van der Waals surface area contributed by atoms with E-state index in [0.29, 0.717) is 6.54 Å². The van der Waals surface area contributed by atoms with Crippen LogP contribution in [0.5, 0.6) is 0 Å². The van der Waals surface area contributed by atoms with Gasteiger partial charge >= 0.3 is 0 Å². The molecule has 0 aliphatic heterocycles. The van der Waals surface area contributed by atoms with Gasteiger partial charge < -0.3 is 15.3 Å². The van der Waals surface area contributed by atoms with Gasteiger partial charge in [-0.3, -0.25) is 0 Å². The molecule has 2 rings (SSSR count). The minimum Gasteiger partial charge on any atom is -0.387 e. The Morgan fingerprint density at radius 2 is 1.90 bits per heavy atom. The smallest absolute Gasteiger partial charge is 0.0914 e. The maximum Gasteiger partial charge on any atom is 0.0914 e. The molecule has 1 atom stereocenters. The van der Waals surface area contributed by atoms with Crippen LogP contribution < -0.4 is 5.32 Å². The minimum absolute atomic E-state index is 0.452. The highest BCUT2D eigenvalue weighted by Crippen LogP contribution is 2.19. The molecule has 0 fully saturated rings. The molecule has 0 bridgehead atoms. The number of fused-ring (bicyclic) bond motifs is 1. The molecule has 2 aromatic carbocycles. The fourth-order valence-corrected chi connectivity index (χ4v) is 2.20. The normalized spacial score (nSPS) is 13.0. The molecule has 0 aliphatic rings. The number of hydrogen-bond donors (Lipinski definition) is 2. The van der Waals surface area contributed by atoms with Crippen molar-refractivity contribution in [2.75, 3.05) is 33.2 Å². The Kier molecular flexibility index (Phi) is 5.53. The summed E-state index contributed by atoms with van der Waals surface area (Å²) in [6.07, 6.45) is -0.452. The molecule has 3 nitrogen and oxygen atoms in total. The van der Waals surface area contributed by atoms with Gasteiger partial charge in [-0.1, -0.05) is 43.3 Å². The second kappa shape index (κ2) is 7.39. The standard InChI is InChI=1S/C17H24N2O/c1-3-19(2)11-10-18-13-17(20)16-9-8-14-6-4-5-7-15(14)12-16/h4-9,12,17-18,20H,3,10-11,13H2,1-2H3. The van der Waals surface area contributed by atoms with Gasteiger partial charge in [-0.15, -0.1) is 0 Å². The molecular weight excluding hydrogens is 248 g/mol. The Hall–Kier alpha value is -1.42. The third-order valence-electron chi connectivity index (χ3n) is 3.71. The van der Waals surface area contributed by atoms with Crippen molar-refractivity contribution in [3.05, 3.63) is 48.0 Å². The van der Waals surface area contributed by atoms with Gasteiger partial charge in [0.15, 0.2) is 0 Å². The maximum atomic E-state index is 10.2. The molecule has 0 saturated carbocycles. The molecule has 2 N–H and O–H groups in total. The van der Waals surface area contributed by atoms with Crippen LogP contribution in [0.4, 0.5) is 0 Å². The van der Waals surface area contributed by atoms with Gasteiger partial charge in [0, 0.05) is 19.6 Å². The summed E-state index contributed by atoms with van der Waals surface area (Å²) < 4.78 is 0. The highest BCUT2D eigenvalue weighted by Gasteiger charge is 2.07. The van der Waals surface area contributed by atoms with Crippen LogP contribution >= 0.6 is 0 Å². The van der Waals surface area contributed by atoms with Crippen LogP contribution in [-0.2, 0) is 0 Å². The summed E-state index contributed by atoms with van der Waals surface area (Å²) in [7, 11) is 2.10. The quantitative estimate of drug-likeness (QED) is 0.760. The SMILES string of the molecule is CCN(C)CCNCC(O)c1ccc2ccccc2c1. The molecule has 108 valence electrons. The second-order valence-electron chi connectivity index (χ2n) is 5.22. The van der Waals surface area contributed by atoms with Crippen LogP contribution in [0.1, 0.15) is 18.6 Å². The molecular formula is C17H24N2O. The third kappa shape index (κ3) is 4.04. The number of hydrogen-bond acceptors (Lipinski definition) is 3. The van der Waals surface area contributed by atoms with E-state index >= 15 is 0 Å². The van der Waals surface area contributed by atoms with Gasteiger partial charge in [0.05, 0.1) is 6.10 Å². The summed E-state index contributed by atoms with van der Waals surface area (Å²) in [6.45, 7) is 5.69. The summed E-state index contributed by atoms with van der Waals surface area (Å²) in [5.74, 6) is 0. The highest BCUT2D eigenvalue weighted by atomic mass is 16.3. The number of nitrogens with one attached hydrogen (secondary N) is 1. The summed E-state index contributed by atoms with van der Waals surface area (Å²) >= 11 is 0. The molecule has 20 heavy (non-hydrogen) atoms. The van der Waals surface area contributed by atoms with E-state index in [0.717, 1.165) is 25.2 Å². The van der Waals surface area contributed by atoms with E-state index in [9.17, 15) is 5.11 Å². The Morgan fingerprint density at radius 1 is 1.15 bits per heavy atom. The third-order valence-corrected chi connectivity index (χ3v) is 3.71. The largest absolute Gasteiger partial charge is 0.387 e. The topological polar surface area (TPSA) is 35.5 Å². The first-order valence-electron chi connectivity index (χ1n) is 7.26. The first-order valence-corrected chi connectivity index (χ1v) is 7.26. The van der Waals surface area contributed by atoms with Crippen molar-refractivity contribution in [1.82, 2.24) is 10.2 Å². The number of aliphatic hydroxyl groups excluding tert-OH is 1. The van der Waals surface area contributed by atoms with Crippen LogP contribution in [0.2, 0.25) is 0 Å². The van der Waals surface area contributed by atoms with Crippen molar-refractivity contribution in [3.8, 4) is 0 Å². The number of rotatable bonds is 7. The van der Waals surface area contributed by atoms with Crippen LogP contribution in [0.25, 0.3) is 10.8 Å². The van der Waals surface area contributed by atoms with Gasteiger partial charge in [-0.25, -0.2) is 0 Å². The Balaban J connectivity index is 1.89. The molecule has 0 aromatic heterocycles. The second-order valence-corrected chi connectivity index (χ2v) is 5.22. The molecule has 0 amide bonds. The van der Waals surface area contributed by atoms with Gasteiger partial charge in [0.25, 0.3) is 0 Å². The van der Waals surface area contributed by atoms with E-state index in [4.69, 9.17) is 0 Å². The predicted octanol–water partition coefficient (Wildman–Crippen LogP) is 2.41. The van der Waals surface area contributed by atoms with E-state index in [2.05, 4.69) is 48.5 Å². The van der Waals surface area contributed by atoms with Gasteiger partial charge in [-0.05, 0) is 36.0 Å². The zero-order valence-corrected chi connectivity index (χ0v) is 12.3.